The minimum absolute atomic E-state index is 0.173. The lowest BCUT2D eigenvalue weighted by Gasteiger charge is -2.38. The van der Waals surface area contributed by atoms with Crippen molar-refractivity contribution in [2.75, 3.05) is 18.1 Å². The van der Waals surface area contributed by atoms with E-state index in [1.54, 1.807) is 6.92 Å². The molecule has 0 atom stereocenters. The summed E-state index contributed by atoms with van der Waals surface area (Å²) in [5.41, 5.74) is 0.327. The van der Waals surface area contributed by atoms with Crippen LogP contribution in [-0.4, -0.2) is 43.9 Å². The van der Waals surface area contributed by atoms with E-state index in [9.17, 15) is 4.79 Å². The number of aromatic amines is 1. The molecule has 0 bridgehead atoms. The van der Waals surface area contributed by atoms with Crippen LogP contribution in [0.5, 0.6) is 0 Å². The van der Waals surface area contributed by atoms with E-state index >= 15 is 0 Å². The molecule has 20 heavy (non-hydrogen) atoms. The first-order valence-corrected chi connectivity index (χ1v) is 7.03. The highest BCUT2D eigenvalue weighted by molar-refractivity contribution is 5.52. The van der Waals surface area contributed by atoms with Crippen molar-refractivity contribution in [2.24, 2.45) is 0 Å². The van der Waals surface area contributed by atoms with Crippen molar-refractivity contribution in [2.45, 2.75) is 38.6 Å². The van der Waals surface area contributed by atoms with Crippen molar-refractivity contribution in [1.29, 1.82) is 0 Å². The zero-order chi connectivity index (χ0) is 14.1. The van der Waals surface area contributed by atoms with Gasteiger partial charge in [0.15, 0.2) is 5.65 Å². The number of hydrogen-bond acceptors (Lipinski definition) is 5. The van der Waals surface area contributed by atoms with Gasteiger partial charge in [-0.05, 0) is 32.6 Å². The van der Waals surface area contributed by atoms with E-state index in [2.05, 4.69) is 20.1 Å². The van der Waals surface area contributed by atoms with E-state index in [0.29, 0.717) is 17.5 Å². The number of anilines is 1. The zero-order valence-corrected chi connectivity index (χ0v) is 11.5. The second-order valence-electron chi connectivity index (χ2n) is 5.24. The summed E-state index contributed by atoms with van der Waals surface area (Å²) < 4.78 is 1.47. The van der Waals surface area contributed by atoms with Gasteiger partial charge in [-0.3, -0.25) is 0 Å². The van der Waals surface area contributed by atoms with Gasteiger partial charge in [-0.15, -0.1) is 0 Å². The molecule has 108 valence electrons. The number of aromatic nitrogens is 4. The molecule has 0 unspecified atom stereocenters. The molecule has 0 aliphatic heterocycles. The topological polar surface area (TPSA) is 86.5 Å². The van der Waals surface area contributed by atoms with Gasteiger partial charge in [0.1, 0.15) is 11.6 Å². The monoisotopic (exact) mass is 277 g/mol. The van der Waals surface area contributed by atoms with Gasteiger partial charge in [-0.2, -0.15) is 5.10 Å². The average molecular weight is 277 g/mol. The molecule has 1 saturated carbocycles. The molecule has 0 radical (unpaired) electrons. The molecule has 2 heterocycles. The Labute approximate surface area is 116 Å². The summed E-state index contributed by atoms with van der Waals surface area (Å²) in [5.74, 6) is 1.47. The van der Waals surface area contributed by atoms with E-state index in [0.717, 1.165) is 31.6 Å². The van der Waals surface area contributed by atoms with Crippen LogP contribution in [0.25, 0.3) is 5.65 Å². The largest absolute Gasteiger partial charge is 0.396 e. The highest BCUT2D eigenvalue weighted by Gasteiger charge is 2.26. The normalized spacial score (nSPS) is 15.5. The highest BCUT2D eigenvalue weighted by Crippen LogP contribution is 2.29. The molecule has 2 N–H and O–H groups in total. The number of nitrogens with zero attached hydrogens (tertiary/aromatic N) is 4. The van der Waals surface area contributed by atoms with Crippen LogP contribution in [0.4, 0.5) is 5.82 Å². The molecule has 2 aromatic rings. The van der Waals surface area contributed by atoms with Crippen molar-refractivity contribution in [3.63, 3.8) is 0 Å². The lowest BCUT2D eigenvalue weighted by Crippen LogP contribution is -2.41. The smallest absolute Gasteiger partial charge is 0.349 e. The standard InChI is InChI=1S/C13H19N5O2/c1-9-14-11(8-12-15-16-13(20)18(9)12)17(6-3-7-19)10-4-2-5-10/h8,10,19H,2-7H2,1H3,(H,16,20). The number of aryl methyl sites for hydroxylation is 1. The molecular weight excluding hydrogens is 258 g/mol. The van der Waals surface area contributed by atoms with Crippen molar-refractivity contribution in [3.05, 3.63) is 22.4 Å². The first kappa shape index (κ1) is 13.1. The molecule has 0 spiro atoms. The lowest BCUT2D eigenvalue weighted by atomic mass is 9.91. The van der Waals surface area contributed by atoms with Crippen molar-refractivity contribution in [3.8, 4) is 0 Å². The number of aliphatic hydroxyl groups excluding tert-OH is 1. The van der Waals surface area contributed by atoms with Gasteiger partial charge in [-0.25, -0.2) is 19.3 Å². The van der Waals surface area contributed by atoms with Gasteiger partial charge in [-0.1, -0.05) is 0 Å². The predicted octanol–water partition coefficient (Wildman–Crippen LogP) is 0.467. The SMILES string of the molecule is Cc1nc(N(CCCO)C2CCC2)cc2n[nH]c(=O)n12. The minimum Gasteiger partial charge on any atom is -0.396 e. The Morgan fingerprint density at radius 2 is 2.35 bits per heavy atom. The minimum atomic E-state index is -0.262. The summed E-state index contributed by atoms with van der Waals surface area (Å²) in [5, 5.41) is 15.5. The van der Waals surface area contributed by atoms with Crippen LogP contribution in [0.3, 0.4) is 0 Å². The van der Waals surface area contributed by atoms with Crippen molar-refractivity contribution >= 4 is 11.5 Å². The van der Waals surface area contributed by atoms with E-state index in [-0.39, 0.29) is 12.3 Å². The third-order valence-electron chi connectivity index (χ3n) is 3.92. The molecule has 0 saturated heterocycles. The van der Waals surface area contributed by atoms with Crippen LogP contribution < -0.4 is 10.6 Å². The molecule has 1 aliphatic carbocycles. The molecule has 0 amide bonds. The molecule has 1 aliphatic rings. The highest BCUT2D eigenvalue weighted by atomic mass is 16.3. The maximum Gasteiger partial charge on any atom is 0.349 e. The summed E-state index contributed by atoms with van der Waals surface area (Å²) in [6.07, 6.45) is 4.27. The fraction of sp³-hybridized carbons (Fsp3) is 0.615. The second-order valence-corrected chi connectivity index (χ2v) is 5.24. The molecular formula is C13H19N5O2. The number of hydrogen-bond donors (Lipinski definition) is 2. The summed E-state index contributed by atoms with van der Waals surface area (Å²) >= 11 is 0. The van der Waals surface area contributed by atoms with Gasteiger partial charge < -0.3 is 10.0 Å². The third kappa shape index (κ3) is 2.18. The number of fused-ring (bicyclic) bond motifs is 1. The van der Waals surface area contributed by atoms with Gasteiger partial charge in [0.25, 0.3) is 0 Å². The summed E-state index contributed by atoms with van der Waals surface area (Å²) in [7, 11) is 0. The van der Waals surface area contributed by atoms with Crippen LogP contribution in [0.1, 0.15) is 31.5 Å². The van der Waals surface area contributed by atoms with Gasteiger partial charge >= 0.3 is 5.69 Å². The van der Waals surface area contributed by atoms with Crippen LogP contribution in [-0.2, 0) is 0 Å². The Morgan fingerprint density at radius 1 is 1.55 bits per heavy atom. The molecule has 7 heteroatoms. The fourth-order valence-corrected chi connectivity index (χ4v) is 2.65. The van der Waals surface area contributed by atoms with Crippen LogP contribution in [0.2, 0.25) is 0 Å². The van der Waals surface area contributed by atoms with Crippen LogP contribution in [0, 0.1) is 6.92 Å². The summed E-state index contributed by atoms with van der Waals surface area (Å²) in [4.78, 5) is 18.4. The average Bonchev–Trinajstić information content (AvgIpc) is 2.74. The molecule has 0 aromatic carbocycles. The van der Waals surface area contributed by atoms with Crippen molar-refractivity contribution < 1.29 is 5.11 Å². The Hall–Kier alpha value is -1.89. The zero-order valence-electron chi connectivity index (χ0n) is 11.5. The van der Waals surface area contributed by atoms with E-state index in [4.69, 9.17) is 5.11 Å². The lowest BCUT2D eigenvalue weighted by molar-refractivity contribution is 0.282. The molecule has 2 aromatic heterocycles. The molecule has 3 rings (SSSR count). The number of aliphatic hydroxyl groups is 1. The Balaban J connectivity index is 1.99. The van der Waals surface area contributed by atoms with Gasteiger partial charge in [0.2, 0.25) is 0 Å². The van der Waals surface area contributed by atoms with E-state index < -0.39 is 0 Å². The van der Waals surface area contributed by atoms with Crippen LogP contribution in [0.15, 0.2) is 10.9 Å². The number of H-pyrrole nitrogens is 1. The number of nitrogens with one attached hydrogen (secondary N) is 1. The fourth-order valence-electron chi connectivity index (χ4n) is 2.65. The van der Waals surface area contributed by atoms with Gasteiger partial charge in [0.05, 0.1) is 0 Å². The van der Waals surface area contributed by atoms with Crippen molar-refractivity contribution in [1.82, 2.24) is 19.6 Å². The third-order valence-corrected chi connectivity index (χ3v) is 3.92. The first-order chi connectivity index (χ1) is 9.70. The Morgan fingerprint density at radius 3 is 3.00 bits per heavy atom. The first-order valence-electron chi connectivity index (χ1n) is 7.03. The predicted molar refractivity (Wildman–Crippen MR) is 75.0 cm³/mol. The Kier molecular flexibility index (Phi) is 3.43. The molecule has 7 nitrogen and oxygen atoms in total. The maximum absolute atomic E-state index is 11.6. The van der Waals surface area contributed by atoms with Crippen LogP contribution >= 0.6 is 0 Å². The van der Waals surface area contributed by atoms with E-state index in [1.165, 1.54) is 10.8 Å². The Bertz CT molecular complexity index is 658. The summed E-state index contributed by atoms with van der Waals surface area (Å²) in [6.45, 7) is 2.75. The quantitative estimate of drug-likeness (QED) is 0.829. The molecule has 1 fully saturated rings. The summed E-state index contributed by atoms with van der Waals surface area (Å²) in [6, 6.07) is 2.32. The van der Waals surface area contributed by atoms with E-state index in [1.807, 2.05) is 6.07 Å². The number of rotatable bonds is 5. The van der Waals surface area contributed by atoms with Gasteiger partial charge in [0, 0.05) is 25.3 Å². The maximum atomic E-state index is 11.6. The second kappa shape index (κ2) is 5.24.